The average Bonchev–Trinajstić information content (AvgIpc) is 3.26. The van der Waals surface area contributed by atoms with Gasteiger partial charge in [0.15, 0.2) is 0 Å². The predicted octanol–water partition coefficient (Wildman–Crippen LogP) is 6.69. The lowest BCUT2D eigenvalue weighted by Gasteiger charge is -2.12. The first-order valence-corrected chi connectivity index (χ1v) is 11.1. The van der Waals surface area contributed by atoms with Crippen LogP contribution in [0.15, 0.2) is 84.9 Å². The van der Waals surface area contributed by atoms with Crippen LogP contribution in [0, 0.1) is 6.92 Å². The zero-order valence-electron chi connectivity index (χ0n) is 18.8. The minimum absolute atomic E-state index is 0.252. The molecule has 5 nitrogen and oxygen atoms in total. The molecule has 0 aliphatic rings. The van der Waals surface area contributed by atoms with Crippen molar-refractivity contribution < 1.29 is 9.53 Å². The molecule has 3 aromatic heterocycles. The zero-order valence-corrected chi connectivity index (χ0v) is 18.8. The molecule has 0 amide bonds. The van der Waals surface area contributed by atoms with Crippen LogP contribution in [0.3, 0.4) is 0 Å². The number of aromatic amines is 1. The smallest absolute Gasteiger partial charge is 0.356 e. The summed E-state index contributed by atoms with van der Waals surface area (Å²) in [5.41, 5.74) is 7.58. The maximum Gasteiger partial charge on any atom is 0.356 e. The summed E-state index contributed by atoms with van der Waals surface area (Å²) in [6.07, 6.45) is 0. The van der Waals surface area contributed by atoms with E-state index >= 15 is 0 Å². The molecule has 6 aromatic rings. The van der Waals surface area contributed by atoms with Crippen LogP contribution in [0.5, 0.6) is 0 Å². The Kier molecular flexibility index (Phi) is 4.62. The number of H-pyrrole nitrogens is 1. The van der Waals surface area contributed by atoms with Gasteiger partial charge in [0.2, 0.25) is 0 Å². The van der Waals surface area contributed by atoms with Crippen molar-refractivity contribution in [3.8, 4) is 22.5 Å². The van der Waals surface area contributed by atoms with Crippen LogP contribution < -0.4 is 0 Å². The van der Waals surface area contributed by atoms with Crippen LogP contribution in [0.1, 0.15) is 16.1 Å². The number of carbonyl (C=O) groups is 1. The van der Waals surface area contributed by atoms with E-state index in [4.69, 9.17) is 14.7 Å². The van der Waals surface area contributed by atoms with Gasteiger partial charge in [0.1, 0.15) is 11.4 Å². The number of hydrogen-bond acceptors (Lipinski definition) is 4. The summed E-state index contributed by atoms with van der Waals surface area (Å²) in [6, 6.07) is 28.4. The second-order valence-corrected chi connectivity index (χ2v) is 8.38. The van der Waals surface area contributed by atoms with E-state index in [2.05, 4.69) is 42.2 Å². The highest BCUT2D eigenvalue weighted by Crippen LogP contribution is 2.36. The van der Waals surface area contributed by atoms with E-state index in [0.717, 1.165) is 43.8 Å². The van der Waals surface area contributed by atoms with E-state index in [0.29, 0.717) is 11.4 Å². The summed E-state index contributed by atoms with van der Waals surface area (Å²) < 4.78 is 5.01. The third-order valence-electron chi connectivity index (χ3n) is 6.18. The van der Waals surface area contributed by atoms with Gasteiger partial charge >= 0.3 is 5.97 Å². The van der Waals surface area contributed by atoms with Crippen molar-refractivity contribution in [2.75, 3.05) is 7.11 Å². The Morgan fingerprint density at radius 1 is 0.824 bits per heavy atom. The molecule has 0 radical (unpaired) electrons. The van der Waals surface area contributed by atoms with Gasteiger partial charge in [-0.15, -0.1) is 0 Å². The first-order valence-electron chi connectivity index (χ1n) is 11.1. The molecule has 0 spiro atoms. The molecule has 0 bridgehead atoms. The van der Waals surface area contributed by atoms with Gasteiger partial charge in [0.25, 0.3) is 0 Å². The molecule has 3 heterocycles. The second-order valence-electron chi connectivity index (χ2n) is 8.38. The number of rotatable bonds is 3. The zero-order chi connectivity index (χ0) is 23.2. The minimum atomic E-state index is -0.479. The molecule has 0 aliphatic heterocycles. The van der Waals surface area contributed by atoms with Crippen LogP contribution in [-0.2, 0) is 4.74 Å². The molecule has 164 valence electrons. The van der Waals surface area contributed by atoms with Crippen molar-refractivity contribution in [1.82, 2.24) is 15.0 Å². The fourth-order valence-electron chi connectivity index (χ4n) is 4.56. The van der Waals surface area contributed by atoms with Gasteiger partial charge in [-0.05, 0) is 48.4 Å². The van der Waals surface area contributed by atoms with Crippen LogP contribution in [-0.4, -0.2) is 28.0 Å². The van der Waals surface area contributed by atoms with Crippen LogP contribution >= 0.6 is 0 Å². The van der Waals surface area contributed by atoms with E-state index in [-0.39, 0.29) is 5.69 Å². The van der Waals surface area contributed by atoms with Gasteiger partial charge in [0, 0.05) is 21.7 Å². The first-order chi connectivity index (χ1) is 16.6. The van der Waals surface area contributed by atoms with Gasteiger partial charge in [-0.2, -0.15) is 0 Å². The highest BCUT2D eigenvalue weighted by Gasteiger charge is 2.19. The highest BCUT2D eigenvalue weighted by atomic mass is 16.5. The molecule has 34 heavy (non-hydrogen) atoms. The number of aromatic nitrogens is 3. The highest BCUT2D eigenvalue weighted by molar-refractivity contribution is 6.13. The molecule has 0 fully saturated rings. The fraction of sp³-hybridized carbons (Fsp3) is 0.0690. The number of nitrogens with zero attached hydrogens (tertiary/aromatic N) is 2. The van der Waals surface area contributed by atoms with Crippen LogP contribution in [0.25, 0.3) is 55.2 Å². The molecule has 0 saturated heterocycles. The molecule has 5 heteroatoms. The predicted molar refractivity (Wildman–Crippen MR) is 136 cm³/mol. The Balaban J connectivity index is 1.72. The summed E-state index contributed by atoms with van der Waals surface area (Å²) in [7, 11) is 1.37. The summed E-state index contributed by atoms with van der Waals surface area (Å²) in [4.78, 5) is 25.7. The lowest BCUT2D eigenvalue weighted by Crippen LogP contribution is -2.05. The third-order valence-corrected chi connectivity index (χ3v) is 6.18. The molecule has 6 rings (SSSR count). The molecular formula is C29H21N3O2. The molecule has 0 atom stereocenters. The monoisotopic (exact) mass is 443 g/mol. The Morgan fingerprint density at radius 2 is 1.62 bits per heavy atom. The molecule has 0 aliphatic carbocycles. The third kappa shape index (κ3) is 3.21. The van der Waals surface area contributed by atoms with Crippen molar-refractivity contribution in [1.29, 1.82) is 0 Å². The van der Waals surface area contributed by atoms with Crippen molar-refractivity contribution >= 4 is 38.7 Å². The Bertz CT molecular complexity index is 1720. The molecule has 3 aromatic carbocycles. The number of esters is 1. The van der Waals surface area contributed by atoms with E-state index in [9.17, 15) is 4.79 Å². The van der Waals surface area contributed by atoms with Crippen molar-refractivity contribution in [2.24, 2.45) is 0 Å². The molecule has 1 N–H and O–H groups in total. The van der Waals surface area contributed by atoms with Gasteiger partial charge in [-0.1, -0.05) is 60.2 Å². The lowest BCUT2D eigenvalue weighted by molar-refractivity contribution is 0.0594. The number of fused-ring (bicyclic) bond motifs is 4. The largest absolute Gasteiger partial charge is 0.464 e. The quantitative estimate of drug-likeness (QED) is 0.309. The number of methoxy groups -OCH3 is 1. The Labute approximate surface area is 196 Å². The topological polar surface area (TPSA) is 67.9 Å². The number of carbonyl (C=O) groups excluding carboxylic acids is 1. The van der Waals surface area contributed by atoms with E-state index in [1.165, 1.54) is 12.7 Å². The van der Waals surface area contributed by atoms with Crippen molar-refractivity contribution in [3.63, 3.8) is 0 Å². The first kappa shape index (κ1) is 20.1. The van der Waals surface area contributed by atoms with Gasteiger partial charge in [-0.25, -0.2) is 14.8 Å². The van der Waals surface area contributed by atoms with Crippen LogP contribution in [0.2, 0.25) is 0 Å². The van der Waals surface area contributed by atoms with Crippen LogP contribution in [0.4, 0.5) is 0 Å². The standard InChI is InChI=1S/C29H21N3O2/c1-17-12-13-24-21(14-17)20(18-8-4-3-5-9-18)15-25(30-24)28-27-22(16-26(32-28)29(33)34-2)19-10-6-7-11-23(19)31-27/h3-16,31H,1-2H3. The van der Waals surface area contributed by atoms with E-state index < -0.39 is 5.97 Å². The lowest BCUT2D eigenvalue weighted by atomic mass is 9.98. The summed E-state index contributed by atoms with van der Waals surface area (Å²) >= 11 is 0. The number of nitrogens with one attached hydrogen (secondary N) is 1. The summed E-state index contributed by atoms with van der Waals surface area (Å²) in [5, 5.41) is 3.01. The maximum atomic E-state index is 12.5. The normalized spacial score (nSPS) is 11.4. The number of pyridine rings is 2. The molecule has 0 unspecified atom stereocenters. The average molecular weight is 444 g/mol. The Hall–Kier alpha value is -4.51. The van der Waals surface area contributed by atoms with Crippen molar-refractivity contribution in [2.45, 2.75) is 6.92 Å². The number of aryl methyl sites for hydroxylation is 1. The molecular weight excluding hydrogens is 422 g/mol. The summed E-state index contributed by atoms with van der Waals surface area (Å²) in [6.45, 7) is 2.08. The summed E-state index contributed by atoms with van der Waals surface area (Å²) in [5.74, 6) is -0.479. The number of hydrogen-bond donors (Lipinski definition) is 1. The minimum Gasteiger partial charge on any atom is -0.464 e. The fourth-order valence-corrected chi connectivity index (χ4v) is 4.56. The van der Waals surface area contributed by atoms with Gasteiger partial charge in [0.05, 0.1) is 23.8 Å². The SMILES string of the molecule is COC(=O)c1cc2c([nH]c3ccccc32)c(-c2cc(-c3ccccc3)c3cc(C)ccc3n2)n1. The molecule has 0 saturated carbocycles. The Morgan fingerprint density at radius 3 is 2.44 bits per heavy atom. The maximum absolute atomic E-state index is 12.5. The van der Waals surface area contributed by atoms with E-state index in [1.54, 1.807) is 6.07 Å². The van der Waals surface area contributed by atoms with Crippen molar-refractivity contribution in [3.05, 3.63) is 96.2 Å². The van der Waals surface area contributed by atoms with E-state index in [1.807, 2.05) is 48.5 Å². The second kappa shape index (κ2) is 7.81. The van der Waals surface area contributed by atoms with Gasteiger partial charge < -0.3 is 9.72 Å². The van der Waals surface area contributed by atoms with Gasteiger partial charge in [-0.3, -0.25) is 0 Å². The number of para-hydroxylation sites is 1. The number of benzene rings is 3. The number of ether oxygens (including phenoxy) is 1.